The first-order chi connectivity index (χ1) is 8.08. The van der Waals surface area contributed by atoms with Gasteiger partial charge in [0.1, 0.15) is 12.1 Å². The predicted octanol–water partition coefficient (Wildman–Crippen LogP) is 1.55. The summed E-state index contributed by atoms with van der Waals surface area (Å²) in [4.78, 5) is 9.53. The van der Waals surface area contributed by atoms with Crippen LogP contribution >= 0.6 is 0 Å². The first kappa shape index (κ1) is 12.1. The highest BCUT2D eigenvalue weighted by Crippen LogP contribution is 2.21. The van der Waals surface area contributed by atoms with E-state index in [4.69, 9.17) is 10.5 Å². The van der Waals surface area contributed by atoms with E-state index >= 15 is 0 Å². The van der Waals surface area contributed by atoms with E-state index in [9.17, 15) is 14.5 Å². The van der Waals surface area contributed by atoms with Crippen molar-refractivity contribution in [3.8, 4) is 12.1 Å². The Hall–Kier alpha value is -3.00. The number of benzene rings is 1. The number of nitriles is 2. The van der Waals surface area contributed by atoms with Crippen LogP contribution in [0, 0.1) is 38.6 Å². The Morgan fingerprint density at radius 3 is 2.65 bits per heavy atom. The van der Waals surface area contributed by atoms with Crippen molar-refractivity contribution in [1.82, 2.24) is 0 Å². The van der Waals surface area contributed by atoms with E-state index in [0.29, 0.717) is 0 Å². The highest BCUT2D eigenvalue weighted by molar-refractivity contribution is 6.10. The normalized spacial score (nSPS) is 8.65. The monoisotopic (exact) mass is 233 g/mol. The van der Waals surface area contributed by atoms with Gasteiger partial charge in [-0.15, -0.1) is 0 Å². The van der Waals surface area contributed by atoms with Gasteiger partial charge < -0.3 is 0 Å². The van der Waals surface area contributed by atoms with Gasteiger partial charge >= 0.3 is 5.69 Å². The van der Waals surface area contributed by atoms with Crippen LogP contribution in [0.25, 0.3) is 0 Å². The number of hydrogen-bond donors (Lipinski definition) is 1. The van der Waals surface area contributed by atoms with Crippen LogP contribution in [0.15, 0.2) is 23.3 Å². The SMILES string of the molecule is N#CC(C#N)=NNc1ccc(F)c([N+](=O)[O-])c1. The zero-order valence-corrected chi connectivity index (χ0v) is 8.22. The third-order valence-corrected chi connectivity index (χ3v) is 1.65. The number of rotatable bonds is 3. The summed E-state index contributed by atoms with van der Waals surface area (Å²) in [6, 6.07) is 5.96. The van der Waals surface area contributed by atoms with Gasteiger partial charge in [0, 0.05) is 6.07 Å². The van der Waals surface area contributed by atoms with Gasteiger partial charge in [-0.2, -0.15) is 20.0 Å². The molecule has 0 aliphatic heterocycles. The van der Waals surface area contributed by atoms with E-state index in [1.807, 2.05) is 0 Å². The molecule has 0 heterocycles. The molecule has 0 fully saturated rings. The number of anilines is 1. The Morgan fingerprint density at radius 1 is 1.47 bits per heavy atom. The summed E-state index contributed by atoms with van der Waals surface area (Å²) in [6.07, 6.45) is 0. The molecule has 0 aromatic heterocycles. The molecule has 0 aliphatic rings. The zero-order chi connectivity index (χ0) is 12.8. The van der Waals surface area contributed by atoms with Crippen molar-refractivity contribution < 1.29 is 9.31 Å². The molecule has 0 spiro atoms. The number of hydrogen-bond acceptors (Lipinski definition) is 6. The topological polar surface area (TPSA) is 115 Å². The second-order valence-electron chi connectivity index (χ2n) is 2.72. The van der Waals surface area contributed by atoms with Crippen LogP contribution in [0.4, 0.5) is 15.8 Å². The van der Waals surface area contributed by atoms with Crippen molar-refractivity contribution in [3.05, 3.63) is 34.1 Å². The molecule has 0 radical (unpaired) electrons. The highest BCUT2D eigenvalue weighted by atomic mass is 19.1. The molecule has 0 amide bonds. The molecule has 1 aromatic carbocycles. The molecule has 0 saturated carbocycles. The lowest BCUT2D eigenvalue weighted by atomic mass is 10.3. The van der Waals surface area contributed by atoms with Gasteiger partial charge in [0.25, 0.3) is 0 Å². The Morgan fingerprint density at radius 2 is 2.12 bits per heavy atom. The molecular formula is C9H4FN5O2. The van der Waals surface area contributed by atoms with E-state index < -0.39 is 22.1 Å². The van der Waals surface area contributed by atoms with Crippen LogP contribution in [0.5, 0.6) is 0 Å². The predicted molar refractivity (Wildman–Crippen MR) is 55.3 cm³/mol. The van der Waals surface area contributed by atoms with Gasteiger partial charge in [-0.1, -0.05) is 0 Å². The fourth-order valence-electron chi connectivity index (χ4n) is 0.918. The summed E-state index contributed by atoms with van der Waals surface area (Å²) in [5, 5.41) is 30.5. The van der Waals surface area contributed by atoms with Gasteiger partial charge in [0.15, 0.2) is 0 Å². The van der Waals surface area contributed by atoms with E-state index in [0.717, 1.165) is 12.1 Å². The van der Waals surface area contributed by atoms with Crippen LogP contribution < -0.4 is 5.43 Å². The molecule has 0 saturated heterocycles. The van der Waals surface area contributed by atoms with Gasteiger partial charge in [-0.05, 0) is 12.1 Å². The van der Waals surface area contributed by atoms with Crippen LogP contribution in [0.1, 0.15) is 0 Å². The van der Waals surface area contributed by atoms with Gasteiger partial charge in [0.05, 0.1) is 10.6 Å². The molecule has 8 heteroatoms. The molecule has 7 nitrogen and oxygen atoms in total. The third-order valence-electron chi connectivity index (χ3n) is 1.65. The van der Waals surface area contributed by atoms with E-state index in [1.54, 1.807) is 0 Å². The van der Waals surface area contributed by atoms with Gasteiger partial charge in [-0.3, -0.25) is 15.5 Å². The molecule has 0 bridgehead atoms. The van der Waals surface area contributed by atoms with Crippen LogP contribution in [0.3, 0.4) is 0 Å². The van der Waals surface area contributed by atoms with E-state index in [2.05, 4.69) is 10.5 Å². The lowest BCUT2D eigenvalue weighted by Crippen LogP contribution is -1.98. The lowest BCUT2D eigenvalue weighted by Gasteiger charge is -2.00. The van der Waals surface area contributed by atoms with Crippen molar-refractivity contribution >= 4 is 17.1 Å². The van der Waals surface area contributed by atoms with Gasteiger partial charge in [0.2, 0.25) is 11.5 Å². The number of nitro benzene ring substituents is 1. The molecule has 0 unspecified atom stereocenters. The number of hydrazone groups is 1. The van der Waals surface area contributed by atoms with Crippen molar-refractivity contribution in [2.45, 2.75) is 0 Å². The van der Waals surface area contributed by atoms with E-state index in [1.165, 1.54) is 18.2 Å². The lowest BCUT2D eigenvalue weighted by molar-refractivity contribution is -0.387. The second-order valence-corrected chi connectivity index (χ2v) is 2.72. The molecule has 0 atom stereocenters. The Bertz CT molecular complexity index is 554. The molecule has 17 heavy (non-hydrogen) atoms. The minimum atomic E-state index is -0.981. The van der Waals surface area contributed by atoms with Crippen LogP contribution in [0.2, 0.25) is 0 Å². The average molecular weight is 233 g/mol. The molecule has 0 aliphatic carbocycles. The maximum Gasteiger partial charge on any atom is 0.306 e. The largest absolute Gasteiger partial charge is 0.306 e. The Kier molecular flexibility index (Phi) is 3.68. The van der Waals surface area contributed by atoms with Crippen LogP contribution in [-0.2, 0) is 0 Å². The first-order valence-corrected chi connectivity index (χ1v) is 4.16. The van der Waals surface area contributed by atoms with Crippen LogP contribution in [-0.4, -0.2) is 10.6 Å². The minimum absolute atomic E-state index is 0.0982. The number of nitro groups is 1. The summed E-state index contributed by atoms with van der Waals surface area (Å²) >= 11 is 0. The number of halogens is 1. The Balaban J connectivity index is 3.00. The second kappa shape index (κ2) is 5.19. The zero-order valence-electron chi connectivity index (χ0n) is 8.22. The molecule has 1 rings (SSSR count). The van der Waals surface area contributed by atoms with Gasteiger partial charge in [-0.25, -0.2) is 0 Å². The fraction of sp³-hybridized carbons (Fsp3) is 0. The summed E-state index contributed by atoms with van der Waals surface area (Å²) < 4.78 is 12.9. The molecule has 84 valence electrons. The smallest absolute Gasteiger partial charge is 0.276 e. The van der Waals surface area contributed by atoms with Crippen molar-refractivity contribution in [2.24, 2.45) is 5.10 Å². The fourth-order valence-corrected chi connectivity index (χ4v) is 0.918. The molecular weight excluding hydrogens is 229 g/mol. The quantitative estimate of drug-likeness (QED) is 0.483. The summed E-state index contributed by atoms with van der Waals surface area (Å²) in [5.74, 6) is -0.981. The summed E-state index contributed by atoms with van der Waals surface area (Å²) in [6.45, 7) is 0. The summed E-state index contributed by atoms with van der Waals surface area (Å²) in [7, 11) is 0. The summed E-state index contributed by atoms with van der Waals surface area (Å²) in [5.41, 5.74) is 1.17. The highest BCUT2D eigenvalue weighted by Gasteiger charge is 2.14. The standard InChI is InChI=1S/C9H4FN5O2/c10-8-2-1-6(3-9(8)15(16)17)13-14-7(4-11)5-12/h1-3,13H. The number of nitrogens with zero attached hydrogens (tertiary/aromatic N) is 4. The minimum Gasteiger partial charge on any atom is -0.276 e. The average Bonchev–Trinajstić information content (AvgIpc) is 2.32. The number of nitrogens with one attached hydrogen (secondary N) is 1. The molecule has 1 N–H and O–H groups in total. The van der Waals surface area contributed by atoms with Crippen molar-refractivity contribution in [2.75, 3.05) is 5.43 Å². The Labute approximate surface area is 94.5 Å². The molecule has 1 aromatic rings. The maximum atomic E-state index is 12.9. The van der Waals surface area contributed by atoms with E-state index in [-0.39, 0.29) is 5.69 Å². The first-order valence-electron chi connectivity index (χ1n) is 4.16. The third kappa shape index (κ3) is 2.97. The van der Waals surface area contributed by atoms with Crippen molar-refractivity contribution in [1.29, 1.82) is 10.5 Å². The maximum absolute atomic E-state index is 12.9. The van der Waals surface area contributed by atoms with Crippen molar-refractivity contribution in [3.63, 3.8) is 0 Å².